The SMILES string of the molecule is C=C(c1c(C)cc(C)cc1C)P(=O)(CCC)c1ccccc1. The minimum absolute atomic E-state index is 0.669. The molecule has 2 aromatic carbocycles. The summed E-state index contributed by atoms with van der Waals surface area (Å²) in [7, 11) is -2.65. The Bertz CT molecular complexity index is 706. The van der Waals surface area contributed by atoms with Crippen molar-refractivity contribution in [3.63, 3.8) is 0 Å². The zero-order valence-electron chi connectivity index (χ0n) is 14.0. The second kappa shape index (κ2) is 6.67. The predicted molar refractivity (Wildman–Crippen MR) is 98.5 cm³/mol. The molecule has 0 N–H and O–H groups in total. The van der Waals surface area contributed by atoms with Crippen LogP contribution in [0.4, 0.5) is 0 Å². The summed E-state index contributed by atoms with van der Waals surface area (Å²) >= 11 is 0. The van der Waals surface area contributed by atoms with Gasteiger partial charge in [-0.1, -0.05) is 61.5 Å². The standard InChI is InChI=1S/C20H25OP/c1-6-12-22(21,19-10-8-7-9-11-19)18(5)20-16(3)13-15(2)14-17(20)4/h7-11,13-14H,5-6,12H2,1-4H3. The van der Waals surface area contributed by atoms with Crippen molar-refractivity contribution in [3.05, 3.63) is 71.3 Å². The lowest BCUT2D eigenvalue weighted by Crippen LogP contribution is -2.09. The molecule has 1 atom stereocenters. The zero-order chi connectivity index (χ0) is 16.3. The fourth-order valence-electron chi connectivity index (χ4n) is 3.22. The second-order valence-corrected chi connectivity index (χ2v) is 9.00. The number of benzene rings is 2. The summed E-state index contributed by atoms with van der Waals surface area (Å²) in [6.45, 7) is 12.6. The minimum Gasteiger partial charge on any atom is -0.314 e. The average molecular weight is 312 g/mol. The molecule has 0 saturated carbocycles. The molecular weight excluding hydrogens is 287 g/mol. The van der Waals surface area contributed by atoms with Gasteiger partial charge in [-0.05, 0) is 43.9 Å². The van der Waals surface area contributed by atoms with E-state index in [1.807, 2.05) is 30.3 Å². The first-order valence-corrected chi connectivity index (χ1v) is 9.71. The van der Waals surface area contributed by atoms with Crippen LogP contribution in [0.2, 0.25) is 0 Å². The molecule has 0 fully saturated rings. The van der Waals surface area contributed by atoms with E-state index in [1.165, 1.54) is 5.56 Å². The molecule has 2 heteroatoms. The molecule has 0 bridgehead atoms. The highest BCUT2D eigenvalue weighted by Crippen LogP contribution is 2.58. The van der Waals surface area contributed by atoms with Gasteiger partial charge in [-0.3, -0.25) is 0 Å². The predicted octanol–water partition coefficient (Wildman–Crippen LogP) is 5.68. The summed E-state index contributed by atoms with van der Waals surface area (Å²) in [4.78, 5) is 0. The number of aryl methyl sites for hydroxylation is 3. The van der Waals surface area contributed by atoms with E-state index in [0.29, 0.717) is 6.16 Å². The molecule has 116 valence electrons. The monoisotopic (exact) mass is 312 g/mol. The molecule has 0 heterocycles. The lowest BCUT2D eigenvalue weighted by Gasteiger charge is -2.24. The van der Waals surface area contributed by atoms with Crippen LogP contribution in [0.3, 0.4) is 0 Å². The van der Waals surface area contributed by atoms with Crippen LogP contribution < -0.4 is 5.30 Å². The molecule has 2 aromatic rings. The van der Waals surface area contributed by atoms with Crippen LogP contribution in [-0.2, 0) is 4.57 Å². The van der Waals surface area contributed by atoms with Gasteiger partial charge in [0.25, 0.3) is 0 Å². The van der Waals surface area contributed by atoms with Crippen LogP contribution in [0.25, 0.3) is 5.31 Å². The summed E-state index contributed by atoms with van der Waals surface area (Å²) in [6.07, 6.45) is 1.55. The lowest BCUT2D eigenvalue weighted by atomic mass is 10.00. The van der Waals surface area contributed by atoms with E-state index < -0.39 is 7.14 Å². The van der Waals surface area contributed by atoms with Crippen molar-refractivity contribution >= 4 is 17.8 Å². The van der Waals surface area contributed by atoms with Gasteiger partial charge in [0.15, 0.2) is 0 Å². The molecule has 2 rings (SSSR count). The summed E-state index contributed by atoms with van der Waals surface area (Å²) in [5.74, 6) is 0. The van der Waals surface area contributed by atoms with E-state index in [9.17, 15) is 4.57 Å². The van der Waals surface area contributed by atoms with E-state index in [-0.39, 0.29) is 0 Å². The Morgan fingerprint density at radius 3 is 2.09 bits per heavy atom. The van der Waals surface area contributed by atoms with Crippen LogP contribution in [0, 0.1) is 20.8 Å². The van der Waals surface area contributed by atoms with Crippen LogP contribution in [-0.4, -0.2) is 6.16 Å². The molecular formula is C20H25OP. The average Bonchev–Trinajstić information content (AvgIpc) is 2.47. The molecule has 0 spiro atoms. The summed E-state index contributed by atoms with van der Waals surface area (Å²) in [5.41, 5.74) is 4.63. The summed E-state index contributed by atoms with van der Waals surface area (Å²) in [5, 5.41) is 1.72. The third-order valence-corrected chi connectivity index (χ3v) is 7.42. The molecule has 0 aliphatic rings. The van der Waals surface area contributed by atoms with Crippen LogP contribution >= 0.6 is 7.14 Å². The van der Waals surface area contributed by atoms with Gasteiger partial charge in [0.2, 0.25) is 0 Å². The largest absolute Gasteiger partial charge is 0.314 e. The quantitative estimate of drug-likeness (QED) is 0.649. The van der Waals surface area contributed by atoms with Crippen LogP contribution in [0.1, 0.15) is 35.6 Å². The Morgan fingerprint density at radius 2 is 1.59 bits per heavy atom. The molecule has 0 saturated heterocycles. The Hall–Kier alpha value is -1.59. The third-order valence-electron chi connectivity index (χ3n) is 4.11. The highest BCUT2D eigenvalue weighted by molar-refractivity contribution is 7.81. The van der Waals surface area contributed by atoms with Crippen molar-refractivity contribution in [2.75, 3.05) is 6.16 Å². The normalized spacial score (nSPS) is 13.6. The first-order valence-electron chi connectivity index (χ1n) is 7.82. The van der Waals surface area contributed by atoms with Crippen molar-refractivity contribution in [2.45, 2.75) is 34.1 Å². The van der Waals surface area contributed by atoms with Gasteiger partial charge in [0.1, 0.15) is 7.14 Å². The number of hydrogen-bond donors (Lipinski definition) is 0. The van der Waals surface area contributed by atoms with Gasteiger partial charge in [0, 0.05) is 16.8 Å². The molecule has 0 amide bonds. The van der Waals surface area contributed by atoms with Crippen LogP contribution in [0.5, 0.6) is 0 Å². The number of rotatable bonds is 5. The summed E-state index contributed by atoms with van der Waals surface area (Å²) < 4.78 is 13.8. The van der Waals surface area contributed by atoms with Gasteiger partial charge in [0.05, 0.1) is 0 Å². The highest BCUT2D eigenvalue weighted by Gasteiger charge is 2.29. The first kappa shape index (κ1) is 16.8. The molecule has 0 aromatic heterocycles. The van der Waals surface area contributed by atoms with Crippen LogP contribution in [0.15, 0.2) is 49.0 Å². The lowest BCUT2D eigenvalue weighted by molar-refractivity contribution is 0.586. The van der Waals surface area contributed by atoms with Crippen molar-refractivity contribution in [1.82, 2.24) is 0 Å². The molecule has 0 aliphatic heterocycles. The maximum atomic E-state index is 13.8. The molecule has 1 nitrogen and oxygen atoms in total. The molecule has 1 unspecified atom stereocenters. The van der Waals surface area contributed by atoms with E-state index >= 15 is 0 Å². The van der Waals surface area contributed by atoms with Gasteiger partial charge < -0.3 is 4.57 Å². The zero-order valence-corrected chi connectivity index (χ0v) is 14.9. The fourth-order valence-corrected chi connectivity index (χ4v) is 6.06. The summed E-state index contributed by atoms with van der Waals surface area (Å²) in [6, 6.07) is 14.1. The van der Waals surface area contributed by atoms with E-state index in [2.05, 4.69) is 46.4 Å². The molecule has 0 aliphatic carbocycles. The smallest absolute Gasteiger partial charge is 0.143 e. The van der Waals surface area contributed by atoms with Crippen molar-refractivity contribution in [3.8, 4) is 0 Å². The van der Waals surface area contributed by atoms with E-state index in [4.69, 9.17) is 0 Å². The third kappa shape index (κ3) is 3.10. The Morgan fingerprint density at radius 1 is 1.05 bits per heavy atom. The fraction of sp³-hybridized carbons (Fsp3) is 0.300. The first-order chi connectivity index (χ1) is 10.4. The molecule has 22 heavy (non-hydrogen) atoms. The Kier molecular flexibility index (Phi) is 5.08. The maximum Gasteiger partial charge on any atom is 0.143 e. The Balaban J connectivity index is 2.60. The highest BCUT2D eigenvalue weighted by atomic mass is 31.2. The van der Waals surface area contributed by atoms with Crippen molar-refractivity contribution in [1.29, 1.82) is 0 Å². The molecule has 0 radical (unpaired) electrons. The van der Waals surface area contributed by atoms with Crippen molar-refractivity contribution < 1.29 is 4.57 Å². The van der Waals surface area contributed by atoms with Crippen molar-refractivity contribution in [2.24, 2.45) is 0 Å². The second-order valence-electron chi connectivity index (χ2n) is 6.02. The van der Waals surface area contributed by atoms with E-state index in [1.54, 1.807) is 0 Å². The Labute approximate surface area is 134 Å². The topological polar surface area (TPSA) is 17.1 Å². The minimum atomic E-state index is -2.65. The van der Waals surface area contributed by atoms with E-state index in [0.717, 1.165) is 33.7 Å². The number of hydrogen-bond acceptors (Lipinski definition) is 1. The van der Waals surface area contributed by atoms with Gasteiger partial charge in [-0.15, -0.1) is 0 Å². The maximum absolute atomic E-state index is 13.8. The van der Waals surface area contributed by atoms with Gasteiger partial charge >= 0.3 is 0 Å². The van der Waals surface area contributed by atoms with Gasteiger partial charge in [-0.25, -0.2) is 0 Å². The van der Waals surface area contributed by atoms with Gasteiger partial charge in [-0.2, -0.15) is 0 Å².